The zero-order chi connectivity index (χ0) is 11.3. The minimum atomic E-state index is -0.580. The first-order chi connectivity index (χ1) is 7.11. The molecule has 0 radical (unpaired) electrons. The molecule has 0 saturated heterocycles. The van der Waals surface area contributed by atoms with Crippen molar-refractivity contribution in [2.24, 2.45) is 0 Å². The third kappa shape index (κ3) is 4.21. The van der Waals surface area contributed by atoms with Crippen LogP contribution in [0.2, 0.25) is 0 Å². The third-order valence-electron chi connectivity index (χ3n) is 2.13. The molecule has 82 valence electrons. The van der Waals surface area contributed by atoms with Gasteiger partial charge in [-0.05, 0) is 37.0 Å². The fraction of sp³-hybridized carbons (Fsp3) is 0.333. The van der Waals surface area contributed by atoms with Gasteiger partial charge in [0.05, 0.1) is 6.10 Å². The predicted octanol–water partition coefficient (Wildman–Crippen LogP) is 2.83. The van der Waals surface area contributed by atoms with Gasteiger partial charge in [-0.1, -0.05) is 6.08 Å². The van der Waals surface area contributed by atoms with Crippen LogP contribution in [0.25, 0.3) is 0 Å². The number of rotatable bonds is 5. The molecule has 1 aromatic carbocycles. The summed E-state index contributed by atoms with van der Waals surface area (Å²) in [6, 6.07) is 3.40. The molecular weight excluding hydrogens is 198 g/mol. The summed E-state index contributed by atoms with van der Waals surface area (Å²) < 4.78 is 25.6. The molecule has 0 aromatic heterocycles. The van der Waals surface area contributed by atoms with Gasteiger partial charge in [-0.15, -0.1) is 6.58 Å². The number of halogens is 2. The van der Waals surface area contributed by atoms with Gasteiger partial charge in [0.15, 0.2) is 0 Å². The summed E-state index contributed by atoms with van der Waals surface area (Å²) in [5, 5.41) is 9.39. The van der Waals surface area contributed by atoms with Crippen molar-refractivity contribution >= 4 is 0 Å². The number of aryl methyl sites for hydroxylation is 1. The average molecular weight is 212 g/mol. The maximum atomic E-state index is 12.8. The van der Waals surface area contributed by atoms with Gasteiger partial charge in [0, 0.05) is 6.07 Å². The molecule has 15 heavy (non-hydrogen) atoms. The fourth-order valence-electron chi connectivity index (χ4n) is 1.40. The molecule has 0 unspecified atom stereocenters. The molecule has 1 rings (SSSR count). The highest BCUT2D eigenvalue weighted by Crippen LogP contribution is 2.11. The molecule has 0 aliphatic carbocycles. The van der Waals surface area contributed by atoms with Crippen LogP contribution in [-0.4, -0.2) is 11.2 Å². The summed E-state index contributed by atoms with van der Waals surface area (Å²) in [5.41, 5.74) is 0.565. The highest BCUT2D eigenvalue weighted by molar-refractivity contribution is 5.18. The van der Waals surface area contributed by atoms with Crippen molar-refractivity contribution in [3.8, 4) is 0 Å². The number of hydrogen-bond donors (Lipinski definition) is 1. The lowest BCUT2D eigenvalue weighted by atomic mass is 10.0. The van der Waals surface area contributed by atoms with Crippen molar-refractivity contribution in [2.45, 2.75) is 25.4 Å². The van der Waals surface area contributed by atoms with E-state index in [4.69, 9.17) is 0 Å². The number of hydrogen-bond acceptors (Lipinski definition) is 1. The van der Waals surface area contributed by atoms with E-state index in [0.717, 1.165) is 6.07 Å². The van der Waals surface area contributed by atoms with Crippen LogP contribution in [0, 0.1) is 11.6 Å². The lowest BCUT2D eigenvalue weighted by Crippen LogP contribution is -2.06. The zero-order valence-electron chi connectivity index (χ0n) is 8.42. The maximum absolute atomic E-state index is 12.8. The molecule has 3 heteroatoms. The van der Waals surface area contributed by atoms with E-state index in [1.54, 1.807) is 6.08 Å². The lowest BCUT2D eigenvalue weighted by Gasteiger charge is -2.07. The van der Waals surface area contributed by atoms with Crippen molar-refractivity contribution in [3.63, 3.8) is 0 Å². The van der Waals surface area contributed by atoms with E-state index >= 15 is 0 Å². The third-order valence-corrected chi connectivity index (χ3v) is 2.13. The SMILES string of the molecule is C=CC[C@@H](O)CCc1cc(F)cc(F)c1. The molecule has 0 aliphatic heterocycles. The normalized spacial score (nSPS) is 12.5. The molecule has 0 heterocycles. The largest absolute Gasteiger partial charge is 0.393 e. The van der Waals surface area contributed by atoms with Crippen LogP contribution >= 0.6 is 0 Å². The molecule has 0 fully saturated rings. The fourth-order valence-corrected chi connectivity index (χ4v) is 1.40. The van der Waals surface area contributed by atoms with Gasteiger partial charge in [0.2, 0.25) is 0 Å². The van der Waals surface area contributed by atoms with Crippen LogP contribution in [0.3, 0.4) is 0 Å². The number of aliphatic hydroxyl groups excluding tert-OH is 1. The quantitative estimate of drug-likeness (QED) is 0.744. The summed E-state index contributed by atoms with van der Waals surface area (Å²) in [4.78, 5) is 0. The van der Waals surface area contributed by atoms with Crippen molar-refractivity contribution < 1.29 is 13.9 Å². The maximum Gasteiger partial charge on any atom is 0.126 e. The molecule has 0 bridgehead atoms. The van der Waals surface area contributed by atoms with E-state index in [1.165, 1.54) is 12.1 Å². The Morgan fingerprint density at radius 3 is 2.40 bits per heavy atom. The Balaban J connectivity index is 2.53. The van der Waals surface area contributed by atoms with E-state index in [-0.39, 0.29) is 0 Å². The summed E-state index contributed by atoms with van der Waals surface area (Å²) in [7, 11) is 0. The van der Waals surface area contributed by atoms with Gasteiger partial charge >= 0.3 is 0 Å². The highest BCUT2D eigenvalue weighted by Gasteiger charge is 2.04. The first-order valence-electron chi connectivity index (χ1n) is 4.85. The minimum Gasteiger partial charge on any atom is -0.393 e. The van der Waals surface area contributed by atoms with Crippen molar-refractivity contribution in [3.05, 3.63) is 48.1 Å². The van der Waals surface area contributed by atoms with E-state index in [0.29, 0.717) is 24.8 Å². The Hall–Kier alpha value is -1.22. The van der Waals surface area contributed by atoms with Crippen LogP contribution < -0.4 is 0 Å². The summed E-state index contributed by atoms with van der Waals surface area (Å²) in [6.45, 7) is 3.50. The molecule has 0 saturated carbocycles. The smallest absolute Gasteiger partial charge is 0.126 e. The van der Waals surface area contributed by atoms with Crippen molar-refractivity contribution in [2.75, 3.05) is 0 Å². The second-order valence-electron chi connectivity index (χ2n) is 3.49. The molecule has 1 aromatic rings. The second-order valence-corrected chi connectivity index (χ2v) is 3.49. The van der Waals surface area contributed by atoms with Gasteiger partial charge in [0.1, 0.15) is 11.6 Å². The van der Waals surface area contributed by atoms with Crippen LogP contribution in [0.4, 0.5) is 8.78 Å². The topological polar surface area (TPSA) is 20.2 Å². The molecule has 1 N–H and O–H groups in total. The molecular formula is C12H14F2O. The van der Waals surface area contributed by atoms with E-state index in [2.05, 4.69) is 6.58 Å². The number of aliphatic hydroxyl groups is 1. The van der Waals surface area contributed by atoms with Crippen LogP contribution in [0.5, 0.6) is 0 Å². The molecule has 1 atom stereocenters. The zero-order valence-corrected chi connectivity index (χ0v) is 8.42. The molecule has 0 aliphatic rings. The Morgan fingerprint density at radius 2 is 1.87 bits per heavy atom. The van der Waals surface area contributed by atoms with Gasteiger partial charge < -0.3 is 5.11 Å². The Bertz CT molecular complexity index is 316. The van der Waals surface area contributed by atoms with Gasteiger partial charge in [-0.2, -0.15) is 0 Å². The van der Waals surface area contributed by atoms with Crippen LogP contribution in [0.1, 0.15) is 18.4 Å². The molecule has 0 spiro atoms. The van der Waals surface area contributed by atoms with E-state index < -0.39 is 17.7 Å². The van der Waals surface area contributed by atoms with E-state index in [9.17, 15) is 13.9 Å². The van der Waals surface area contributed by atoms with Gasteiger partial charge in [-0.3, -0.25) is 0 Å². The summed E-state index contributed by atoms with van der Waals surface area (Å²) >= 11 is 0. The standard InChI is InChI=1S/C12H14F2O/c1-2-3-12(15)5-4-9-6-10(13)8-11(14)7-9/h2,6-8,12,15H,1,3-5H2/t12-/m1/s1. The first-order valence-corrected chi connectivity index (χ1v) is 4.85. The van der Waals surface area contributed by atoms with Gasteiger partial charge in [0.25, 0.3) is 0 Å². The predicted molar refractivity (Wildman–Crippen MR) is 55.5 cm³/mol. The number of benzene rings is 1. The molecule has 0 amide bonds. The first kappa shape index (κ1) is 11.9. The lowest BCUT2D eigenvalue weighted by molar-refractivity contribution is 0.168. The van der Waals surface area contributed by atoms with Crippen molar-refractivity contribution in [1.82, 2.24) is 0 Å². The Kier molecular flexibility index (Phi) is 4.43. The summed E-state index contributed by atoms with van der Waals surface area (Å²) in [5.74, 6) is -1.16. The second kappa shape index (κ2) is 5.61. The Morgan fingerprint density at radius 1 is 1.27 bits per heavy atom. The minimum absolute atomic E-state index is 0.462. The van der Waals surface area contributed by atoms with Gasteiger partial charge in [-0.25, -0.2) is 8.78 Å². The van der Waals surface area contributed by atoms with Crippen LogP contribution in [0.15, 0.2) is 30.9 Å². The monoisotopic (exact) mass is 212 g/mol. The highest BCUT2D eigenvalue weighted by atomic mass is 19.1. The summed E-state index contributed by atoms with van der Waals surface area (Å²) in [6.07, 6.45) is 2.57. The van der Waals surface area contributed by atoms with Crippen molar-refractivity contribution in [1.29, 1.82) is 0 Å². The average Bonchev–Trinajstić information content (AvgIpc) is 2.14. The Labute approximate surface area is 88.1 Å². The van der Waals surface area contributed by atoms with E-state index in [1.807, 2.05) is 0 Å². The van der Waals surface area contributed by atoms with Crippen LogP contribution in [-0.2, 0) is 6.42 Å². The molecule has 1 nitrogen and oxygen atoms in total.